The molecule has 0 bridgehead atoms. The van der Waals surface area contributed by atoms with Crippen LogP contribution in [0.3, 0.4) is 0 Å². The zero-order valence-corrected chi connectivity index (χ0v) is 26.1. The fraction of sp³-hybridized carbons (Fsp3) is 0.697. The first-order valence-corrected chi connectivity index (χ1v) is 15.9. The Bertz CT molecular complexity index is 1070. The van der Waals surface area contributed by atoms with E-state index in [0.29, 0.717) is 18.0 Å². The van der Waals surface area contributed by atoms with Gasteiger partial charge in [0.05, 0.1) is 26.4 Å². The number of hydrogen-bond acceptors (Lipinski definition) is 8. The van der Waals surface area contributed by atoms with E-state index in [1.54, 1.807) is 11.8 Å². The van der Waals surface area contributed by atoms with Gasteiger partial charge in [-0.2, -0.15) is 0 Å². The van der Waals surface area contributed by atoms with Crippen LogP contribution in [0.15, 0.2) is 24.3 Å². The first kappa shape index (κ1) is 33.6. The van der Waals surface area contributed by atoms with Crippen LogP contribution in [-0.4, -0.2) is 40.1 Å². The highest BCUT2D eigenvalue weighted by Gasteiger charge is 2.48. The van der Waals surface area contributed by atoms with Crippen LogP contribution in [0.2, 0.25) is 0 Å². The second-order valence-corrected chi connectivity index (χ2v) is 11.4. The lowest BCUT2D eigenvalue weighted by Gasteiger charge is -2.24. The summed E-state index contributed by atoms with van der Waals surface area (Å²) in [5.41, 5.74) is 2.22. The van der Waals surface area contributed by atoms with E-state index in [-0.39, 0.29) is 12.6 Å². The van der Waals surface area contributed by atoms with Crippen molar-refractivity contribution in [3.8, 4) is 5.75 Å². The Kier molecular flexibility index (Phi) is 14.8. The highest BCUT2D eigenvalue weighted by Crippen LogP contribution is 2.43. The summed E-state index contributed by atoms with van der Waals surface area (Å²) >= 11 is 0. The quantitative estimate of drug-likeness (QED) is 0.109. The third-order valence-corrected chi connectivity index (χ3v) is 7.93. The highest BCUT2D eigenvalue weighted by molar-refractivity contribution is 5.67. The topological polar surface area (TPSA) is 102 Å². The molecule has 0 aliphatic carbocycles. The molecule has 9 heteroatoms. The van der Waals surface area contributed by atoms with Crippen molar-refractivity contribution >= 4 is 11.9 Å². The molecule has 2 heterocycles. The molecule has 1 aliphatic heterocycles. The summed E-state index contributed by atoms with van der Waals surface area (Å²) in [5.74, 6) is -0.0784. The van der Waals surface area contributed by atoms with Gasteiger partial charge in [-0.05, 0) is 24.1 Å². The van der Waals surface area contributed by atoms with Crippen LogP contribution in [0.25, 0.3) is 0 Å². The molecule has 0 radical (unpaired) electrons. The number of unbranched alkanes of at least 4 members (excludes halogenated alkanes) is 12. The lowest BCUT2D eigenvalue weighted by molar-refractivity contribution is -0.166. The van der Waals surface area contributed by atoms with Gasteiger partial charge in [0.15, 0.2) is 12.2 Å². The lowest BCUT2D eigenvalue weighted by atomic mass is 10.00. The number of fused-ring (bicyclic) bond motifs is 1. The van der Waals surface area contributed by atoms with Gasteiger partial charge in [-0.3, -0.25) is 9.59 Å². The highest BCUT2D eigenvalue weighted by atomic mass is 16.6. The zero-order valence-electron chi connectivity index (χ0n) is 26.1. The first-order valence-electron chi connectivity index (χ1n) is 15.9. The molecule has 42 heavy (non-hydrogen) atoms. The van der Waals surface area contributed by atoms with E-state index < -0.39 is 24.1 Å². The number of nitrogens with zero attached hydrogens (tertiary/aromatic N) is 3. The fourth-order valence-corrected chi connectivity index (χ4v) is 5.75. The minimum atomic E-state index is -0.770. The third-order valence-electron chi connectivity index (χ3n) is 7.93. The van der Waals surface area contributed by atoms with Crippen LogP contribution < -0.4 is 4.74 Å². The average molecular weight is 586 g/mol. The maximum atomic E-state index is 12.1. The van der Waals surface area contributed by atoms with E-state index in [9.17, 15) is 9.59 Å². The third kappa shape index (κ3) is 10.7. The summed E-state index contributed by atoms with van der Waals surface area (Å²) in [5, 5.41) is 8.78. The van der Waals surface area contributed by atoms with Crippen molar-refractivity contribution in [2.24, 2.45) is 0 Å². The number of ether oxygens (including phenoxy) is 4. The Labute approximate surface area is 251 Å². The van der Waals surface area contributed by atoms with E-state index in [1.807, 2.05) is 24.3 Å². The van der Waals surface area contributed by atoms with E-state index in [2.05, 4.69) is 17.2 Å². The van der Waals surface area contributed by atoms with Crippen molar-refractivity contribution in [1.29, 1.82) is 0 Å². The summed E-state index contributed by atoms with van der Waals surface area (Å²) in [7, 11) is 1.63. The van der Waals surface area contributed by atoms with Crippen molar-refractivity contribution in [2.45, 2.75) is 142 Å². The molecule has 0 saturated carbocycles. The van der Waals surface area contributed by atoms with Crippen LogP contribution in [-0.2, 0) is 37.0 Å². The number of esters is 2. The number of methoxy groups -OCH3 is 1. The van der Waals surface area contributed by atoms with Crippen LogP contribution in [0.1, 0.15) is 140 Å². The predicted octanol–water partition coefficient (Wildman–Crippen LogP) is 7.58. The second-order valence-electron chi connectivity index (χ2n) is 11.4. The van der Waals surface area contributed by atoms with E-state index in [4.69, 9.17) is 18.9 Å². The summed E-state index contributed by atoms with van der Waals surface area (Å²) < 4.78 is 24.4. The van der Waals surface area contributed by atoms with Gasteiger partial charge in [0.2, 0.25) is 0 Å². The molecule has 9 nitrogen and oxygen atoms in total. The minimum Gasteiger partial charge on any atom is -0.497 e. The number of carbonyl (C=O) groups is 2. The van der Waals surface area contributed by atoms with E-state index >= 15 is 0 Å². The molecule has 0 fully saturated rings. The molecule has 1 aliphatic rings. The van der Waals surface area contributed by atoms with E-state index in [1.165, 1.54) is 84.5 Å². The average Bonchev–Trinajstić information content (AvgIpc) is 3.49. The van der Waals surface area contributed by atoms with Gasteiger partial charge in [-0.25, -0.2) is 4.68 Å². The van der Waals surface area contributed by atoms with Crippen LogP contribution in [0, 0.1) is 0 Å². The van der Waals surface area contributed by atoms with Gasteiger partial charge >= 0.3 is 11.9 Å². The molecular formula is C33H51N3O6. The van der Waals surface area contributed by atoms with Gasteiger partial charge in [-0.15, -0.1) is 5.10 Å². The Morgan fingerprint density at radius 2 is 1.36 bits per heavy atom. The number of benzene rings is 1. The number of hydrogen-bond donors (Lipinski definition) is 0. The van der Waals surface area contributed by atoms with Gasteiger partial charge in [-0.1, -0.05) is 108 Å². The monoisotopic (exact) mass is 585 g/mol. The molecule has 3 atom stereocenters. The van der Waals surface area contributed by atoms with E-state index in [0.717, 1.165) is 30.6 Å². The molecule has 1 aromatic carbocycles. The van der Waals surface area contributed by atoms with Gasteiger partial charge in [0.25, 0.3) is 0 Å². The summed E-state index contributed by atoms with van der Waals surface area (Å²) in [6, 6.07) is 7.41. The maximum absolute atomic E-state index is 12.1. The lowest BCUT2D eigenvalue weighted by Crippen LogP contribution is -2.29. The van der Waals surface area contributed by atoms with Gasteiger partial charge in [0.1, 0.15) is 17.1 Å². The second kappa shape index (κ2) is 18.6. The number of aromatic nitrogens is 3. The van der Waals surface area contributed by atoms with Crippen molar-refractivity contribution in [3.05, 3.63) is 41.2 Å². The Hall–Kier alpha value is -2.94. The molecule has 0 saturated heterocycles. The Balaban J connectivity index is 1.51. The summed E-state index contributed by atoms with van der Waals surface area (Å²) in [4.78, 5) is 24.1. The van der Waals surface area contributed by atoms with Crippen LogP contribution in [0.5, 0.6) is 5.75 Å². The molecule has 0 unspecified atom stereocenters. The molecule has 234 valence electrons. The van der Waals surface area contributed by atoms with Crippen molar-refractivity contribution in [3.63, 3.8) is 0 Å². The number of carbonyl (C=O) groups excluding carboxylic acids is 2. The number of rotatable bonds is 21. The fourth-order valence-electron chi connectivity index (χ4n) is 5.75. The summed E-state index contributed by atoms with van der Waals surface area (Å²) in [6.07, 6.45) is 16.0. The zero-order chi connectivity index (χ0) is 30.2. The standard InChI is InChI=1S/C33H51N3O6/c1-5-6-7-8-9-10-11-12-13-14-15-16-17-18-30-32(41-25(2)37)33(42-26(3)38)31-29(34-35-36(30)31)24-40-23-27-19-21-28(39-4)22-20-27/h19-22,30,32-33H,5-18,23-24H2,1-4H3/t30-,32-,33+/m0/s1. The van der Waals surface area contributed by atoms with Crippen LogP contribution >= 0.6 is 0 Å². The van der Waals surface area contributed by atoms with Gasteiger partial charge < -0.3 is 18.9 Å². The molecule has 0 spiro atoms. The van der Waals surface area contributed by atoms with Crippen molar-refractivity contribution in [1.82, 2.24) is 15.0 Å². The SMILES string of the molecule is CCCCCCCCCCCCCCC[C@H]1[C@H](OC(C)=O)[C@H](OC(C)=O)c2c(COCc3ccc(OC)cc3)nnn21. The Morgan fingerprint density at radius 3 is 1.90 bits per heavy atom. The molecule has 0 amide bonds. The maximum Gasteiger partial charge on any atom is 0.303 e. The normalized spacial score (nSPS) is 17.7. The van der Waals surface area contributed by atoms with Crippen LogP contribution in [0.4, 0.5) is 0 Å². The molecule has 0 N–H and O–H groups in total. The Morgan fingerprint density at radius 1 is 0.786 bits per heavy atom. The molecule has 1 aromatic heterocycles. The first-order chi connectivity index (χ1) is 20.4. The molecular weight excluding hydrogens is 534 g/mol. The smallest absolute Gasteiger partial charge is 0.303 e. The predicted molar refractivity (Wildman–Crippen MR) is 161 cm³/mol. The van der Waals surface area contributed by atoms with Crippen molar-refractivity contribution in [2.75, 3.05) is 7.11 Å². The largest absolute Gasteiger partial charge is 0.497 e. The van der Waals surface area contributed by atoms with Gasteiger partial charge in [0, 0.05) is 13.8 Å². The summed E-state index contributed by atoms with van der Waals surface area (Å²) in [6.45, 7) is 5.57. The minimum absolute atomic E-state index is 0.192. The van der Waals surface area contributed by atoms with Crippen molar-refractivity contribution < 1.29 is 28.5 Å². The molecule has 3 rings (SSSR count). The molecule has 2 aromatic rings.